The minimum Gasteiger partial charge on any atom is -0.481 e. The topological polar surface area (TPSA) is 77.0 Å². The third kappa shape index (κ3) is 3.35. The van der Waals surface area contributed by atoms with Crippen LogP contribution in [-0.2, 0) is 11.2 Å². The van der Waals surface area contributed by atoms with Crippen LogP contribution in [0.4, 0.5) is 0 Å². The number of rotatable bonds is 4. The highest BCUT2D eigenvalue weighted by molar-refractivity contribution is 5.82. The molecule has 4 rings (SSSR count). The Kier molecular flexibility index (Phi) is 4.71. The number of carbonyl (C=O) groups excluding carboxylic acids is 1. The molecule has 138 valence electrons. The minimum atomic E-state index is 0.0352. The number of carbonyl (C=O) groups is 1. The third-order valence-electron chi connectivity index (χ3n) is 5.08. The van der Waals surface area contributed by atoms with Gasteiger partial charge < -0.3 is 10.1 Å². The van der Waals surface area contributed by atoms with Gasteiger partial charge in [-0.15, -0.1) is 0 Å². The summed E-state index contributed by atoms with van der Waals surface area (Å²) in [7, 11) is 1.60. The van der Waals surface area contributed by atoms with Crippen molar-refractivity contribution in [2.45, 2.75) is 38.6 Å². The number of aromatic nitrogens is 3. The van der Waals surface area contributed by atoms with Crippen LogP contribution in [0.1, 0.15) is 43.4 Å². The van der Waals surface area contributed by atoms with Crippen molar-refractivity contribution in [1.82, 2.24) is 20.3 Å². The second kappa shape index (κ2) is 7.31. The lowest BCUT2D eigenvalue weighted by Crippen LogP contribution is -2.30. The highest BCUT2D eigenvalue weighted by Gasteiger charge is 2.24. The van der Waals surface area contributed by atoms with Crippen molar-refractivity contribution in [3.63, 3.8) is 0 Å². The van der Waals surface area contributed by atoms with Crippen molar-refractivity contribution in [3.8, 4) is 17.0 Å². The number of pyridine rings is 3. The fourth-order valence-corrected chi connectivity index (χ4v) is 3.67. The van der Waals surface area contributed by atoms with Crippen LogP contribution in [0.3, 0.4) is 0 Å². The van der Waals surface area contributed by atoms with Gasteiger partial charge in [0.1, 0.15) is 0 Å². The van der Waals surface area contributed by atoms with Crippen LogP contribution in [0.5, 0.6) is 5.88 Å². The van der Waals surface area contributed by atoms with E-state index in [9.17, 15) is 4.79 Å². The van der Waals surface area contributed by atoms with Gasteiger partial charge >= 0.3 is 0 Å². The molecular formula is C21H22N4O2. The second-order valence-corrected chi connectivity index (χ2v) is 6.75. The van der Waals surface area contributed by atoms with Crippen LogP contribution < -0.4 is 10.1 Å². The molecule has 1 N–H and O–H groups in total. The van der Waals surface area contributed by atoms with E-state index in [4.69, 9.17) is 4.74 Å². The SMILES string of the molecule is CCC(=O)NC1CCCc2c(-c3cnc4nc(OC)ccc4c3)cncc21. The van der Waals surface area contributed by atoms with Crippen LogP contribution in [0.2, 0.25) is 0 Å². The lowest BCUT2D eigenvalue weighted by Gasteiger charge is -2.27. The summed E-state index contributed by atoms with van der Waals surface area (Å²) < 4.78 is 5.17. The van der Waals surface area contributed by atoms with Crippen LogP contribution in [0.15, 0.2) is 36.8 Å². The van der Waals surface area contributed by atoms with E-state index in [1.807, 2.05) is 37.6 Å². The summed E-state index contributed by atoms with van der Waals surface area (Å²) in [6.45, 7) is 1.87. The van der Waals surface area contributed by atoms with Gasteiger partial charge in [0.25, 0.3) is 0 Å². The maximum Gasteiger partial charge on any atom is 0.220 e. The molecule has 0 radical (unpaired) electrons. The van der Waals surface area contributed by atoms with Crippen molar-refractivity contribution in [2.75, 3.05) is 7.11 Å². The number of nitrogens with one attached hydrogen (secondary N) is 1. The summed E-state index contributed by atoms with van der Waals surface area (Å²) in [4.78, 5) is 25.2. The largest absolute Gasteiger partial charge is 0.481 e. The Balaban J connectivity index is 1.75. The molecule has 0 aliphatic heterocycles. The van der Waals surface area contributed by atoms with E-state index in [1.165, 1.54) is 5.56 Å². The third-order valence-corrected chi connectivity index (χ3v) is 5.08. The summed E-state index contributed by atoms with van der Waals surface area (Å²) in [5.74, 6) is 0.627. The van der Waals surface area contributed by atoms with Crippen molar-refractivity contribution in [2.24, 2.45) is 0 Å². The molecule has 0 fully saturated rings. The van der Waals surface area contributed by atoms with Gasteiger partial charge in [0.15, 0.2) is 5.65 Å². The quantitative estimate of drug-likeness (QED) is 0.767. The molecule has 1 amide bonds. The van der Waals surface area contributed by atoms with Gasteiger partial charge in [0.05, 0.1) is 13.2 Å². The first-order chi connectivity index (χ1) is 13.2. The molecule has 27 heavy (non-hydrogen) atoms. The predicted molar refractivity (Wildman–Crippen MR) is 103 cm³/mol. The predicted octanol–water partition coefficient (Wildman–Crippen LogP) is 3.60. The van der Waals surface area contributed by atoms with Crippen LogP contribution in [0.25, 0.3) is 22.2 Å². The minimum absolute atomic E-state index is 0.0352. The normalized spacial score (nSPS) is 16.0. The van der Waals surface area contributed by atoms with E-state index in [0.29, 0.717) is 17.9 Å². The molecule has 1 unspecified atom stereocenters. The number of ether oxygens (including phenoxy) is 1. The molecule has 0 saturated heterocycles. The molecule has 3 aromatic rings. The number of fused-ring (bicyclic) bond motifs is 2. The number of amides is 1. The zero-order valence-electron chi connectivity index (χ0n) is 15.5. The van der Waals surface area contributed by atoms with E-state index < -0.39 is 0 Å². The van der Waals surface area contributed by atoms with Crippen molar-refractivity contribution in [3.05, 3.63) is 47.9 Å². The summed E-state index contributed by atoms with van der Waals surface area (Å²) in [6, 6.07) is 5.92. The monoisotopic (exact) mass is 362 g/mol. The summed E-state index contributed by atoms with van der Waals surface area (Å²) in [5, 5.41) is 4.08. The zero-order valence-corrected chi connectivity index (χ0v) is 15.5. The zero-order chi connectivity index (χ0) is 18.8. The number of nitrogens with zero attached hydrogens (tertiary/aromatic N) is 3. The average molecular weight is 362 g/mol. The number of methoxy groups -OCH3 is 1. The van der Waals surface area contributed by atoms with Crippen LogP contribution in [0, 0.1) is 0 Å². The van der Waals surface area contributed by atoms with Gasteiger partial charge in [0.2, 0.25) is 11.8 Å². The Morgan fingerprint density at radius 2 is 2.19 bits per heavy atom. The maximum absolute atomic E-state index is 11.9. The first kappa shape index (κ1) is 17.4. The Labute approximate surface area is 158 Å². The molecule has 0 bridgehead atoms. The molecule has 1 aliphatic rings. The summed E-state index contributed by atoms with van der Waals surface area (Å²) in [6.07, 6.45) is 9.07. The lowest BCUT2D eigenvalue weighted by atomic mass is 9.85. The molecule has 1 atom stereocenters. The molecule has 0 saturated carbocycles. The smallest absolute Gasteiger partial charge is 0.220 e. The molecule has 0 aromatic carbocycles. The fourth-order valence-electron chi connectivity index (χ4n) is 3.67. The number of hydrogen-bond acceptors (Lipinski definition) is 5. The van der Waals surface area contributed by atoms with Crippen molar-refractivity contribution >= 4 is 16.9 Å². The van der Waals surface area contributed by atoms with Crippen LogP contribution >= 0.6 is 0 Å². The van der Waals surface area contributed by atoms with Gasteiger partial charge in [-0.05, 0) is 42.5 Å². The lowest BCUT2D eigenvalue weighted by molar-refractivity contribution is -0.121. The summed E-state index contributed by atoms with van der Waals surface area (Å²) in [5.41, 5.74) is 5.12. The molecule has 0 spiro atoms. The van der Waals surface area contributed by atoms with Crippen LogP contribution in [-0.4, -0.2) is 28.0 Å². The van der Waals surface area contributed by atoms with E-state index in [0.717, 1.165) is 41.3 Å². The van der Waals surface area contributed by atoms with Gasteiger partial charge in [-0.2, -0.15) is 4.98 Å². The molecule has 3 heterocycles. The Bertz CT molecular complexity index is 1000. The highest BCUT2D eigenvalue weighted by atomic mass is 16.5. The van der Waals surface area contributed by atoms with E-state index in [2.05, 4.69) is 26.3 Å². The first-order valence-electron chi connectivity index (χ1n) is 9.27. The molecule has 3 aromatic heterocycles. The average Bonchev–Trinajstić information content (AvgIpc) is 2.72. The highest BCUT2D eigenvalue weighted by Crippen LogP contribution is 2.36. The fraction of sp³-hybridized carbons (Fsp3) is 0.333. The van der Waals surface area contributed by atoms with E-state index in [-0.39, 0.29) is 11.9 Å². The Morgan fingerprint density at radius 1 is 1.30 bits per heavy atom. The molecule has 1 aliphatic carbocycles. The van der Waals surface area contributed by atoms with E-state index >= 15 is 0 Å². The standard InChI is InChI=1S/C21H22N4O2/c1-3-19(26)24-18-6-4-5-15-16(11-22-12-17(15)18)14-9-13-7-8-20(27-2)25-21(13)23-10-14/h7-12,18H,3-6H2,1-2H3,(H,24,26). The first-order valence-corrected chi connectivity index (χ1v) is 9.27. The Morgan fingerprint density at radius 3 is 3.00 bits per heavy atom. The summed E-state index contributed by atoms with van der Waals surface area (Å²) >= 11 is 0. The molecule has 6 heteroatoms. The Hall–Kier alpha value is -3.02. The molecular weight excluding hydrogens is 340 g/mol. The number of hydrogen-bond donors (Lipinski definition) is 1. The van der Waals surface area contributed by atoms with Gasteiger partial charge in [0, 0.05) is 47.6 Å². The second-order valence-electron chi connectivity index (χ2n) is 6.75. The molecule has 6 nitrogen and oxygen atoms in total. The van der Waals surface area contributed by atoms with Crippen molar-refractivity contribution in [1.29, 1.82) is 0 Å². The van der Waals surface area contributed by atoms with E-state index in [1.54, 1.807) is 7.11 Å². The van der Waals surface area contributed by atoms with Gasteiger partial charge in [-0.3, -0.25) is 9.78 Å². The van der Waals surface area contributed by atoms with Gasteiger partial charge in [-0.1, -0.05) is 6.92 Å². The maximum atomic E-state index is 11.9. The van der Waals surface area contributed by atoms with Gasteiger partial charge in [-0.25, -0.2) is 4.98 Å². The van der Waals surface area contributed by atoms with Crippen molar-refractivity contribution < 1.29 is 9.53 Å².